The first-order valence-corrected chi connectivity index (χ1v) is 5.81. The predicted molar refractivity (Wildman–Crippen MR) is 67.9 cm³/mol. The number of anilines is 2. The van der Waals surface area contributed by atoms with Crippen molar-refractivity contribution in [2.45, 2.75) is 19.5 Å². The Kier molecular flexibility index (Phi) is 5.02. The number of nitrogens with one attached hydrogen (secondary N) is 1. The molecule has 0 aliphatic carbocycles. The van der Waals surface area contributed by atoms with Crippen LogP contribution in [0.25, 0.3) is 0 Å². The standard InChI is InChI=1S/C12H16F3N3O/c1-2-7-18(10-5-3-9(16)4-6-10)11(19)17-8-12(13,14)15/h3-6H,2,7-8,16H2,1H3,(H,17,19). The highest BCUT2D eigenvalue weighted by molar-refractivity contribution is 5.92. The lowest BCUT2D eigenvalue weighted by Gasteiger charge is -2.23. The van der Waals surface area contributed by atoms with Gasteiger partial charge in [-0.15, -0.1) is 0 Å². The molecular formula is C12H16F3N3O. The molecule has 0 aliphatic rings. The van der Waals surface area contributed by atoms with Crippen molar-refractivity contribution in [1.82, 2.24) is 5.32 Å². The molecule has 0 bridgehead atoms. The van der Waals surface area contributed by atoms with Crippen LogP contribution in [0.4, 0.5) is 29.3 Å². The first-order chi connectivity index (χ1) is 8.83. The molecule has 0 aliphatic heterocycles. The minimum Gasteiger partial charge on any atom is -0.399 e. The Morgan fingerprint density at radius 1 is 1.32 bits per heavy atom. The van der Waals surface area contributed by atoms with E-state index in [9.17, 15) is 18.0 Å². The molecule has 106 valence electrons. The monoisotopic (exact) mass is 275 g/mol. The number of nitrogens with zero attached hydrogens (tertiary/aromatic N) is 1. The topological polar surface area (TPSA) is 58.4 Å². The van der Waals surface area contributed by atoms with Crippen LogP contribution in [-0.2, 0) is 0 Å². The van der Waals surface area contributed by atoms with Gasteiger partial charge in [0.25, 0.3) is 0 Å². The molecule has 1 aromatic rings. The number of benzene rings is 1. The highest BCUT2D eigenvalue weighted by Gasteiger charge is 2.29. The number of hydrogen-bond acceptors (Lipinski definition) is 2. The van der Waals surface area contributed by atoms with Crippen LogP contribution < -0.4 is 16.0 Å². The van der Waals surface area contributed by atoms with Crippen LogP contribution in [-0.4, -0.2) is 25.3 Å². The summed E-state index contributed by atoms with van der Waals surface area (Å²) in [7, 11) is 0. The molecule has 1 aromatic carbocycles. The van der Waals surface area contributed by atoms with Gasteiger partial charge in [-0.2, -0.15) is 13.2 Å². The van der Waals surface area contributed by atoms with Crippen LogP contribution in [0.1, 0.15) is 13.3 Å². The van der Waals surface area contributed by atoms with Crippen LogP contribution in [0.3, 0.4) is 0 Å². The zero-order valence-electron chi connectivity index (χ0n) is 10.5. The van der Waals surface area contributed by atoms with Crippen molar-refractivity contribution in [1.29, 1.82) is 0 Å². The summed E-state index contributed by atoms with van der Waals surface area (Å²) in [5.41, 5.74) is 6.56. The van der Waals surface area contributed by atoms with E-state index in [1.54, 1.807) is 24.3 Å². The summed E-state index contributed by atoms with van der Waals surface area (Å²) in [6, 6.07) is 5.60. The molecule has 0 radical (unpaired) electrons. The van der Waals surface area contributed by atoms with E-state index in [0.29, 0.717) is 24.3 Å². The Labute approximate surface area is 109 Å². The van der Waals surface area contributed by atoms with E-state index in [2.05, 4.69) is 0 Å². The third-order valence-corrected chi connectivity index (χ3v) is 2.34. The van der Waals surface area contributed by atoms with Crippen molar-refractivity contribution >= 4 is 17.4 Å². The number of nitrogens with two attached hydrogens (primary N) is 1. The normalized spacial score (nSPS) is 11.2. The largest absolute Gasteiger partial charge is 0.405 e. The van der Waals surface area contributed by atoms with Crippen LogP contribution >= 0.6 is 0 Å². The highest BCUT2D eigenvalue weighted by Crippen LogP contribution is 2.18. The van der Waals surface area contributed by atoms with Crippen molar-refractivity contribution in [3.8, 4) is 0 Å². The maximum absolute atomic E-state index is 12.1. The lowest BCUT2D eigenvalue weighted by molar-refractivity contribution is -0.122. The Balaban J connectivity index is 2.76. The van der Waals surface area contributed by atoms with Crippen molar-refractivity contribution in [2.75, 3.05) is 23.7 Å². The summed E-state index contributed by atoms with van der Waals surface area (Å²) >= 11 is 0. The molecular weight excluding hydrogens is 259 g/mol. The number of carbonyl (C=O) groups is 1. The second-order valence-corrected chi connectivity index (χ2v) is 4.02. The zero-order valence-corrected chi connectivity index (χ0v) is 10.5. The SMILES string of the molecule is CCCN(C(=O)NCC(F)(F)F)c1ccc(N)cc1. The molecule has 0 aromatic heterocycles. The van der Waals surface area contributed by atoms with Gasteiger partial charge >= 0.3 is 12.2 Å². The van der Waals surface area contributed by atoms with E-state index in [-0.39, 0.29) is 0 Å². The summed E-state index contributed by atoms with van der Waals surface area (Å²) in [5, 5.41) is 1.85. The van der Waals surface area contributed by atoms with Crippen molar-refractivity contribution in [3.63, 3.8) is 0 Å². The van der Waals surface area contributed by atoms with Gasteiger partial charge in [0.2, 0.25) is 0 Å². The predicted octanol–water partition coefficient (Wildman–Crippen LogP) is 2.76. The van der Waals surface area contributed by atoms with Crippen LogP contribution in [0.5, 0.6) is 0 Å². The summed E-state index contributed by atoms with van der Waals surface area (Å²) in [4.78, 5) is 13.0. The fourth-order valence-electron chi connectivity index (χ4n) is 1.50. The van der Waals surface area contributed by atoms with Gasteiger partial charge in [-0.1, -0.05) is 6.92 Å². The smallest absolute Gasteiger partial charge is 0.399 e. The Morgan fingerprint density at radius 2 is 1.89 bits per heavy atom. The van der Waals surface area contributed by atoms with Gasteiger partial charge in [-0.05, 0) is 30.7 Å². The molecule has 0 saturated carbocycles. The summed E-state index contributed by atoms with van der Waals surface area (Å²) < 4.78 is 36.2. The van der Waals surface area contributed by atoms with Gasteiger partial charge in [-0.25, -0.2) is 4.79 Å². The van der Waals surface area contributed by atoms with Crippen LogP contribution in [0, 0.1) is 0 Å². The van der Waals surface area contributed by atoms with Crippen LogP contribution in [0.15, 0.2) is 24.3 Å². The molecule has 0 heterocycles. The minimum atomic E-state index is -4.42. The first kappa shape index (κ1) is 15.1. The summed E-state index contributed by atoms with van der Waals surface area (Å²) in [6.45, 7) is 0.815. The second-order valence-electron chi connectivity index (χ2n) is 4.02. The summed E-state index contributed by atoms with van der Waals surface area (Å²) in [5.74, 6) is 0. The van der Waals surface area contributed by atoms with Gasteiger partial charge in [0.15, 0.2) is 0 Å². The third-order valence-electron chi connectivity index (χ3n) is 2.34. The van der Waals surface area contributed by atoms with Gasteiger partial charge in [-0.3, -0.25) is 4.90 Å². The minimum absolute atomic E-state index is 0.327. The van der Waals surface area contributed by atoms with E-state index in [1.807, 2.05) is 12.2 Å². The maximum atomic E-state index is 12.1. The molecule has 4 nitrogen and oxygen atoms in total. The van der Waals surface area contributed by atoms with E-state index >= 15 is 0 Å². The van der Waals surface area contributed by atoms with Crippen molar-refractivity contribution in [2.24, 2.45) is 0 Å². The number of nitrogen functional groups attached to an aromatic ring is 1. The lowest BCUT2D eigenvalue weighted by Crippen LogP contribution is -2.44. The summed E-state index contributed by atoms with van der Waals surface area (Å²) in [6.07, 6.45) is -3.79. The molecule has 7 heteroatoms. The number of halogens is 3. The average Bonchev–Trinajstić information content (AvgIpc) is 2.33. The highest BCUT2D eigenvalue weighted by atomic mass is 19.4. The number of alkyl halides is 3. The molecule has 0 saturated heterocycles. The number of rotatable bonds is 4. The Hall–Kier alpha value is -1.92. The molecule has 1 rings (SSSR count). The fourth-order valence-corrected chi connectivity index (χ4v) is 1.50. The molecule has 19 heavy (non-hydrogen) atoms. The first-order valence-electron chi connectivity index (χ1n) is 5.81. The molecule has 0 atom stereocenters. The van der Waals surface area contributed by atoms with Gasteiger partial charge in [0.05, 0.1) is 0 Å². The van der Waals surface area contributed by atoms with Gasteiger partial charge in [0.1, 0.15) is 6.54 Å². The fraction of sp³-hybridized carbons (Fsp3) is 0.417. The van der Waals surface area contributed by atoms with Crippen molar-refractivity contribution < 1.29 is 18.0 Å². The lowest BCUT2D eigenvalue weighted by atomic mass is 10.2. The molecule has 0 unspecified atom stereocenters. The number of amides is 2. The quantitative estimate of drug-likeness (QED) is 0.830. The second kappa shape index (κ2) is 6.31. The van der Waals surface area contributed by atoms with Gasteiger partial charge < -0.3 is 11.1 Å². The van der Waals surface area contributed by atoms with Crippen LogP contribution in [0.2, 0.25) is 0 Å². The van der Waals surface area contributed by atoms with Gasteiger partial charge in [0, 0.05) is 17.9 Å². The number of carbonyl (C=O) groups excluding carboxylic acids is 1. The average molecular weight is 275 g/mol. The zero-order chi connectivity index (χ0) is 14.5. The Bertz CT molecular complexity index is 417. The van der Waals surface area contributed by atoms with E-state index in [1.165, 1.54) is 4.90 Å². The van der Waals surface area contributed by atoms with E-state index in [4.69, 9.17) is 5.73 Å². The maximum Gasteiger partial charge on any atom is 0.405 e. The van der Waals surface area contributed by atoms with E-state index < -0.39 is 18.8 Å². The third kappa shape index (κ3) is 5.07. The van der Waals surface area contributed by atoms with Crippen molar-refractivity contribution in [3.05, 3.63) is 24.3 Å². The Morgan fingerprint density at radius 3 is 2.37 bits per heavy atom. The molecule has 0 fully saturated rings. The number of hydrogen-bond donors (Lipinski definition) is 2. The van der Waals surface area contributed by atoms with E-state index in [0.717, 1.165) is 0 Å². The number of urea groups is 1. The molecule has 3 N–H and O–H groups in total. The molecule has 2 amide bonds. The molecule has 0 spiro atoms.